The Morgan fingerprint density at radius 1 is 0.467 bits per heavy atom. The molecule has 0 saturated carbocycles. The van der Waals surface area contributed by atoms with E-state index < -0.39 is 0 Å². The Hall–Kier alpha value is -0.820. The van der Waals surface area contributed by atoms with Gasteiger partial charge in [-0.25, -0.2) is 0 Å². The van der Waals surface area contributed by atoms with Gasteiger partial charge in [-0.3, -0.25) is 0 Å². The van der Waals surface area contributed by atoms with Gasteiger partial charge < -0.3 is 0 Å². The molecular weight excluding hydrogens is 191 g/mol. The molecule has 0 aliphatic carbocycles. The molecule has 1 heteroatoms. The van der Waals surface area contributed by atoms with Crippen molar-refractivity contribution in [3.05, 3.63) is 60.7 Å². The summed E-state index contributed by atoms with van der Waals surface area (Å²) in [5.74, 6) is 0. The van der Waals surface area contributed by atoms with E-state index in [-0.39, 0.29) is 29.6 Å². The molecule has 0 nitrogen and oxygen atoms in total. The fraction of sp³-hybridized carbons (Fsp3) is 0. The average Bonchev–Trinajstić information content (AvgIpc) is 2.26. The number of rotatable bonds is 0. The van der Waals surface area contributed by atoms with E-state index in [0.717, 1.165) is 0 Å². The van der Waals surface area contributed by atoms with E-state index in [1.54, 1.807) is 0 Å². The fourth-order valence-corrected chi connectivity index (χ4v) is 1.88. The van der Waals surface area contributed by atoms with Gasteiger partial charge in [0.05, 0.1) is 0 Å². The van der Waals surface area contributed by atoms with Crippen LogP contribution in [0.2, 0.25) is 0 Å². The summed E-state index contributed by atoms with van der Waals surface area (Å²) in [5.41, 5.74) is 0. The second-order valence-corrected chi connectivity index (χ2v) is 3.55. The first-order chi connectivity index (χ1) is 6.93. The Kier molecular flexibility index (Phi) is 3.11. The maximum Gasteiger partial charge on any atom is 0 e. The minimum Gasteiger partial charge on any atom is -0.0616 e. The van der Waals surface area contributed by atoms with Crippen molar-refractivity contribution >= 4 is 51.1 Å². The Balaban J connectivity index is 0.000000853. The van der Waals surface area contributed by atoms with Gasteiger partial charge in [0, 0.05) is 29.6 Å². The zero-order valence-electron chi connectivity index (χ0n) is 8.77. The SMILES string of the molecule is [Na].c1ccc2cc3ccccc3cc2c1. The second-order valence-electron chi connectivity index (χ2n) is 3.55. The van der Waals surface area contributed by atoms with Crippen molar-refractivity contribution in [1.82, 2.24) is 0 Å². The molecule has 0 heterocycles. The van der Waals surface area contributed by atoms with Crippen LogP contribution in [0, 0.1) is 0 Å². The monoisotopic (exact) mass is 201 g/mol. The Bertz CT molecular complexity index is 494. The van der Waals surface area contributed by atoms with Gasteiger partial charge in [-0.05, 0) is 33.7 Å². The summed E-state index contributed by atoms with van der Waals surface area (Å²) in [6, 6.07) is 21.4. The molecule has 3 rings (SSSR count). The third-order valence-corrected chi connectivity index (χ3v) is 2.61. The largest absolute Gasteiger partial charge is 0.0616 e. The van der Waals surface area contributed by atoms with Crippen LogP contribution in [0.4, 0.5) is 0 Å². The number of fused-ring (bicyclic) bond motifs is 2. The molecule has 0 atom stereocenters. The van der Waals surface area contributed by atoms with Crippen LogP contribution in [0.1, 0.15) is 0 Å². The minimum absolute atomic E-state index is 0. The van der Waals surface area contributed by atoms with Crippen molar-refractivity contribution in [2.45, 2.75) is 0 Å². The quantitative estimate of drug-likeness (QED) is 0.385. The van der Waals surface area contributed by atoms with Gasteiger partial charge in [0.2, 0.25) is 0 Å². The number of hydrogen-bond acceptors (Lipinski definition) is 0. The molecule has 0 saturated heterocycles. The zero-order valence-corrected chi connectivity index (χ0v) is 10.8. The minimum atomic E-state index is 0. The molecule has 3 aromatic rings. The molecule has 1 radical (unpaired) electrons. The molecule has 67 valence electrons. The van der Waals surface area contributed by atoms with E-state index in [0.29, 0.717) is 0 Å². The number of benzene rings is 3. The van der Waals surface area contributed by atoms with E-state index in [1.165, 1.54) is 21.5 Å². The van der Waals surface area contributed by atoms with Crippen LogP contribution in [-0.2, 0) is 0 Å². The standard InChI is InChI=1S/C14H10.Na/c1-2-6-12-10-14-8-4-3-7-13(14)9-11(12)5-1;/h1-10H;. The Morgan fingerprint density at radius 2 is 0.733 bits per heavy atom. The third-order valence-electron chi connectivity index (χ3n) is 2.61. The summed E-state index contributed by atoms with van der Waals surface area (Å²) in [5, 5.41) is 5.25. The van der Waals surface area contributed by atoms with Crippen molar-refractivity contribution in [2.75, 3.05) is 0 Å². The van der Waals surface area contributed by atoms with Crippen LogP contribution in [0.5, 0.6) is 0 Å². The van der Waals surface area contributed by atoms with E-state index in [9.17, 15) is 0 Å². The van der Waals surface area contributed by atoms with Crippen molar-refractivity contribution in [3.63, 3.8) is 0 Å². The van der Waals surface area contributed by atoms with Crippen molar-refractivity contribution in [2.24, 2.45) is 0 Å². The molecular formula is C14H10Na. The predicted octanol–water partition coefficient (Wildman–Crippen LogP) is 3.61. The van der Waals surface area contributed by atoms with Gasteiger partial charge in [-0.2, -0.15) is 0 Å². The normalized spacial score (nSPS) is 10.1. The molecule has 0 bridgehead atoms. The van der Waals surface area contributed by atoms with Gasteiger partial charge in [-0.15, -0.1) is 0 Å². The van der Waals surface area contributed by atoms with Crippen LogP contribution in [-0.4, -0.2) is 29.6 Å². The zero-order chi connectivity index (χ0) is 9.38. The smallest absolute Gasteiger partial charge is 0 e. The van der Waals surface area contributed by atoms with Crippen LogP contribution in [0.15, 0.2) is 60.7 Å². The third kappa shape index (κ3) is 1.93. The molecule has 0 fully saturated rings. The van der Waals surface area contributed by atoms with Gasteiger partial charge in [-0.1, -0.05) is 48.5 Å². The molecule has 0 spiro atoms. The Morgan fingerprint density at radius 3 is 1.00 bits per heavy atom. The second kappa shape index (κ2) is 4.36. The molecule has 0 aliphatic heterocycles. The number of hydrogen-bond donors (Lipinski definition) is 0. The van der Waals surface area contributed by atoms with Crippen molar-refractivity contribution in [3.8, 4) is 0 Å². The molecule has 0 aromatic heterocycles. The molecule has 0 N–H and O–H groups in total. The summed E-state index contributed by atoms with van der Waals surface area (Å²) in [6.45, 7) is 0. The van der Waals surface area contributed by atoms with Crippen molar-refractivity contribution in [1.29, 1.82) is 0 Å². The average molecular weight is 201 g/mol. The van der Waals surface area contributed by atoms with E-state index >= 15 is 0 Å². The Labute approximate surface area is 111 Å². The maximum absolute atomic E-state index is 2.24. The fourth-order valence-electron chi connectivity index (χ4n) is 1.88. The first-order valence-electron chi connectivity index (χ1n) is 4.81. The molecule has 0 unspecified atom stereocenters. The van der Waals surface area contributed by atoms with Crippen molar-refractivity contribution < 1.29 is 0 Å². The summed E-state index contributed by atoms with van der Waals surface area (Å²) in [4.78, 5) is 0. The summed E-state index contributed by atoms with van der Waals surface area (Å²) in [7, 11) is 0. The van der Waals surface area contributed by atoms with E-state index in [4.69, 9.17) is 0 Å². The van der Waals surface area contributed by atoms with Gasteiger partial charge in [0.25, 0.3) is 0 Å². The molecule has 15 heavy (non-hydrogen) atoms. The molecule has 0 amide bonds. The summed E-state index contributed by atoms with van der Waals surface area (Å²) >= 11 is 0. The van der Waals surface area contributed by atoms with Crippen LogP contribution in [0.25, 0.3) is 21.5 Å². The van der Waals surface area contributed by atoms with Crippen LogP contribution in [0.3, 0.4) is 0 Å². The van der Waals surface area contributed by atoms with Crippen LogP contribution < -0.4 is 0 Å². The maximum atomic E-state index is 2.24. The van der Waals surface area contributed by atoms with Crippen LogP contribution >= 0.6 is 0 Å². The van der Waals surface area contributed by atoms with E-state index in [1.807, 2.05) is 0 Å². The first-order valence-corrected chi connectivity index (χ1v) is 4.81. The summed E-state index contributed by atoms with van der Waals surface area (Å²) in [6.07, 6.45) is 0. The van der Waals surface area contributed by atoms with E-state index in [2.05, 4.69) is 60.7 Å². The predicted molar refractivity (Wildman–Crippen MR) is 67.2 cm³/mol. The topological polar surface area (TPSA) is 0 Å². The van der Waals surface area contributed by atoms with Gasteiger partial charge in [0.15, 0.2) is 0 Å². The van der Waals surface area contributed by atoms with Gasteiger partial charge in [0.1, 0.15) is 0 Å². The summed E-state index contributed by atoms with van der Waals surface area (Å²) < 4.78 is 0. The van der Waals surface area contributed by atoms with Gasteiger partial charge >= 0.3 is 0 Å². The first kappa shape index (κ1) is 10.7. The molecule has 3 aromatic carbocycles. The molecule has 0 aliphatic rings.